The molecule has 2 rings (SSSR count). The Morgan fingerprint density at radius 2 is 1.74 bits per heavy atom. The molecule has 8 heteroatoms. The van der Waals surface area contributed by atoms with E-state index in [2.05, 4.69) is 9.97 Å². The van der Waals surface area contributed by atoms with Crippen LogP contribution in [-0.4, -0.2) is 46.4 Å². The van der Waals surface area contributed by atoms with Gasteiger partial charge in [0, 0.05) is 11.6 Å². The Balaban J connectivity index is 2.35. The maximum absolute atomic E-state index is 12.5. The van der Waals surface area contributed by atoms with E-state index in [0.29, 0.717) is 5.82 Å². The molecule has 0 aliphatic heterocycles. The Labute approximate surface area is 134 Å². The van der Waals surface area contributed by atoms with Crippen LogP contribution in [0.25, 0.3) is 11.4 Å². The van der Waals surface area contributed by atoms with Gasteiger partial charge in [0.25, 0.3) is 0 Å². The van der Waals surface area contributed by atoms with Gasteiger partial charge in [0.15, 0.2) is 5.82 Å². The third-order valence-electron chi connectivity index (χ3n) is 3.13. The fraction of sp³-hybridized carbons (Fsp3) is 0.267. The van der Waals surface area contributed by atoms with Crippen molar-refractivity contribution in [2.24, 2.45) is 0 Å². The van der Waals surface area contributed by atoms with E-state index in [9.17, 15) is 13.2 Å². The van der Waals surface area contributed by atoms with Crippen molar-refractivity contribution in [3.05, 3.63) is 42.7 Å². The first-order valence-corrected chi connectivity index (χ1v) is 8.37. The van der Waals surface area contributed by atoms with Gasteiger partial charge in [0.1, 0.15) is 11.4 Å². The van der Waals surface area contributed by atoms with Crippen molar-refractivity contribution in [2.45, 2.75) is 24.8 Å². The van der Waals surface area contributed by atoms with Gasteiger partial charge in [-0.15, -0.1) is 0 Å². The molecule has 0 amide bonds. The van der Waals surface area contributed by atoms with Gasteiger partial charge in [0.05, 0.1) is 12.4 Å². The molecule has 23 heavy (non-hydrogen) atoms. The Kier molecular flexibility index (Phi) is 5.07. The number of carbonyl (C=O) groups is 1. The van der Waals surface area contributed by atoms with E-state index in [1.54, 1.807) is 13.8 Å². The minimum Gasteiger partial charge on any atom is -0.480 e. The smallest absolute Gasteiger partial charge is 0.318 e. The van der Waals surface area contributed by atoms with Crippen molar-refractivity contribution in [3.63, 3.8) is 0 Å². The summed E-state index contributed by atoms with van der Waals surface area (Å²) in [6.07, 6.45) is 2.39. The summed E-state index contributed by atoms with van der Waals surface area (Å²) >= 11 is 0. The van der Waals surface area contributed by atoms with Crippen LogP contribution in [0.15, 0.2) is 47.6 Å². The quantitative estimate of drug-likeness (QED) is 0.861. The van der Waals surface area contributed by atoms with E-state index in [0.717, 1.165) is 9.87 Å². The summed E-state index contributed by atoms with van der Waals surface area (Å²) in [7, 11) is -3.97. The molecule has 1 aromatic carbocycles. The van der Waals surface area contributed by atoms with Gasteiger partial charge in [-0.25, -0.2) is 18.4 Å². The van der Waals surface area contributed by atoms with E-state index >= 15 is 0 Å². The molecule has 0 saturated carbocycles. The molecule has 2 aromatic rings. The Morgan fingerprint density at radius 1 is 1.17 bits per heavy atom. The number of hydrogen-bond acceptors (Lipinski definition) is 5. The molecule has 7 nitrogen and oxygen atoms in total. The van der Waals surface area contributed by atoms with E-state index in [-0.39, 0.29) is 4.90 Å². The Morgan fingerprint density at radius 3 is 2.22 bits per heavy atom. The van der Waals surface area contributed by atoms with Gasteiger partial charge in [-0.1, -0.05) is 30.3 Å². The molecule has 0 radical (unpaired) electrons. The molecule has 0 saturated heterocycles. The van der Waals surface area contributed by atoms with Crippen LogP contribution >= 0.6 is 0 Å². The topological polar surface area (TPSA) is 100 Å². The molecule has 0 aliphatic carbocycles. The minimum atomic E-state index is -3.97. The number of aromatic nitrogens is 2. The van der Waals surface area contributed by atoms with E-state index in [4.69, 9.17) is 5.11 Å². The molecule has 0 aliphatic rings. The highest BCUT2D eigenvalue weighted by Crippen LogP contribution is 2.19. The number of rotatable bonds is 6. The number of carboxylic acids is 1. The van der Waals surface area contributed by atoms with Crippen molar-refractivity contribution in [1.82, 2.24) is 14.3 Å². The summed E-state index contributed by atoms with van der Waals surface area (Å²) < 4.78 is 26.0. The molecular weight excluding hydrogens is 318 g/mol. The largest absolute Gasteiger partial charge is 0.480 e. The summed E-state index contributed by atoms with van der Waals surface area (Å²) in [5.41, 5.74) is 0.766. The van der Waals surface area contributed by atoms with Crippen LogP contribution in [0, 0.1) is 0 Å². The minimum absolute atomic E-state index is 0.132. The van der Waals surface area contributed by atoms with Crippen molar-refractivity contribution < 1.29 is 18.3 Å². The average Bonchev–Trinajstić information content (AvgIpc) is 2.53. The normalized spacial score (nSPS) is 11.8. The average molecular weight is 335 g/mol. The molecule has 0 spiro atoms. The monoisotopic (exact) mass is 335 g/mol. The fourth-order valence-corrected chi connectivity index (χ4v) is 3.48. The van der Waals surface area contributed by atoms with Crippen LogP contribution in [0.2, 0.25) is 0 Å². The van der Waals surface area contributed by atoms with E-state index in [1.807, 2.05) is 30.3 Å². The Bertz CT molecular complexity index is 774. The number of nitrogens with zero attached hydrogens (tertiary/aromatic N) is 3. The molecule has 122 valence electrons. The predicted molar refractivity (Wildman–Crippen MR) is 84.1 cm³/mol. The molecule has 0 bridgehead atoms. The summed E-state index contributed by atoms with van der Waals surface area (Å²) in [5, 5.41) is 8.90. The lowest BCUT2D eigenvalue weighted by atomic mass is 10.2. The van der Waals surface area contributed by atoms with Gasteiger partial charge in [0.2, 0.25) is 10.0 Å². The second kappa shape index (κ2) is 6.84. The predicted octanol–water partition coefficient (Wildman–Crippen LogP) is 1.63. The van der Waals surface area contributed by atoms with Crippen molar-refractivity contribution >= 4 is 16.0 Å². The summed E-state index contributed by atoms with van der Waals surface area (Å²) in [5.74, 6) is -0.817. The highest BCUT2D eigenvalue weighted by molar-refractivity contribution is 7.89. The highest BCUT2D eigenvalue weighted by atomic mass is 32.2. The highest BCUT2D eigenvalue weighted by Gasteiger charge is 2.29. The zero-order valence-electron chi connectivity index (χ0n) is 12.7. The van der Waals surface area contributed by atoms with E-state index < -0.39 is 28.6 Å². The lowest BCUT2D eigenvalue weighted by molar-refractivity contribution is -0.137. The number of aliphatic carboxylic acids is 1. The number of benzene rings is 1. The molecule has 0 unspecified atom stereocenters. The van der Waals surface area contributed by atoms with Gasteiger partial charge in [-0.05, 0) is 13.8 Å². The lowest BCUT2D eigenvalue weighted by Crippen LogP contribution is -2.40. The maximum atomic E-state index is 12.5. The molecule has 1 heterocycles. The van der Waals surface area contributed by atoms with Gasteiger partial charge >= 0.3 is 5.97 Å². The van der Waals surface area contributed by atoms with Crippen molar-refractivity contribution in [2.75, 3.05) is 6.54 Å². The van der Waals surface area contributed by atoms with Crippen LogP contribution in [-0.2, 0) is 14.8 Å². The third-order valence-corrected chi connectivity index (χ3v) is 5.11. The molecule has 0 atom stereocenters. The van der Waals surface area contributed by atoms with Crippen molar-refractivity contribution in [1.29, 1.82) is 0 Å². The first kappa shape index (κ1) is 17.0. The standard InChI is InChI=1S/C15H17N3O4S/c1-11(2)18(10-14(19)20)23(21,22)13-8-16-15(17-9-13)12-6-4-3-5-7-12/h3-9,11H,10H2,1-2H3,(H,19,20). The van der Waals surface area contributed by atoms with Gasteiger partial charge < -0.3 is 5.11 Å². The summed E-state index contributed by atoms with van der Waals surface area (Å²) in [4.78, 5) is 18.9. The number of sulfonamides is 1. The maximum Gasteiger partial charge on any atom is 0.318 e. The van der Waals surface area contributed by atoms with Gasteiger partial charge in [-0.3, -0.25) is 4.79 Å². The van der Waals surface area contributed by atoms with Crippen LogP contribution in [0.1, 0.15) is 13.8 Å². The van der Waals surface area contributed by atoms with Crippen LogP contribution in [0.3, 0.4) is 0 Å². The first-order valence-electron chi connectivity index (χ1n) is 6.93. The van der Waals surface area contributed by atoms with Crippen LogP contribution in [0.5, 0.6) is 0 Å². The zero-order valence-corrected chi connectivity index (χ0v) is 13.6. The number of carboxylic acid groups (broad SMARTS) is 1. The SMILES string of the molecule is CC(C)N(CC(=O)O)S(=O)(=O)c1cnc(-c2ccccc2)nc1. The summed E-state index contributed by atoms with van der Waals surface area (Å²) in [6, 6.07) is 8.65. The van der Waals surface area contributed by atoms with Gasteiger partial charge in [-0.2, -0.15) is 4.31 Å². The molecule has 1 N–H and O–H groups in total. The van der Waals surface area contributed by atoms with Crippen LogP contribution in [0.4, 0.5) is 0 Å². The summed E-state index contributed by atoms with van der Waals surface area (Å²) in [6.45, 7) is 2.61. The first-order chi connectivity index (χ1) is 10.8. The Hall–Kier alpha value is -2.32. The number of hydrogen-bond donors (Lipinski definition) is 1. The second-order valence-electron chi connectivity index (χ2n) is 5.15. The zero-order chi connectivity index (χ0) is 17.0. The second-order valence-corrected chi connectivity index (χ2v) is 7.04. The van der Waals surface area contributed by atoms with Crippen molar-refractivity contribution in [3.8, 4) is 11.4 Å². The van der Waals surface area contributed by atoms with E-state index in [1.165, 1.54) is 12.4 Å². The lowest BCUT2D eigenvalue weighted by Gasteiger charge is -2.23. The van der Waals surface area contributed by atoms with Crippen LogP contribution < -0.4 is 0 Å². The molecule has 1 aromatic heterocycles. The fourth-order valence-electron chi connectivity index (χ4n) is 2.00. The molecule has 0 fully saturated rings. The molecular formula is C15H17N3O4S. The third kappa shape index (κ3) is 3.91.